The Hall–Kier alpha value is -2.15. The molecule has 24 heavy (non-hydrogen) atoms. The third-order valence-electron chi connectivity index (χ3n) is 3.11. The van der Waals surface area contributed by atoms with Crippen molar-refractivity contribution in [2.24, 2.45) is 0 Å². The summed E-state index contributed by atoms with van der Waals surface area (Å²) in [5, 5.41) is 23.3. The Balaban J connectivity index is 1.58. The molecule has 0 spiro atoms. The average Bonchev–Trinajstić information content (AvgIpc) is 3.30. The van der Waals surface area contributed by atoms with Crippen LogP contribution in [-0.2, 0) is 11.2 Å². The number of nitriles is 1. The summed E-state index contributed by atoms with van der Waals surface area (Å²) in [6.45, 7) is 1.79. The molecule has 0 saturated heterocycles. The fourth-order valence-corrected chi connectivity index (χ4v) is 4.10. The van der Waals surface area contributed by atoms with Gasteiger partial charge in [-0.3, -0.25) is 9.89 Å². The first-order chi connectivity index (χ1) is 11.7. The minimum atomic E-state index is -0.371. The molecular formula is C15H13N5OS3. The molecule has 0 aliphatic rings. The highest BCUT2D eigenvalue weighted by Gasteiger charge is 2.19. The molecule has 9 heteroatoms. The second kappa shape index (κ2) is 7.61. The summed E-state index contributed by atoms with van der Waals surface area (Å²) in [7, 11) is 0. The van der Waals surface area contributed by atoms with E-state index in [1.54, 1.807) is 29.7 Å². The highest BCUT2D eigenvalue weighted by atomic mass is 32.2. The SMILES string of the molecule is CC(Sc1n[nH]c(Cc2cccs2)n1)C(=O)Nc1sccc1C#N. The van der Waals surface area contributed by atoms with Gasteiger partial charge in [-0.1, -0.05) is 17.8 Å². The van der Waals surface area contributed by atoms with E-state index < -0.39 is 0 Å². The fraction of sp³-hybridized carbons (Fsp3) is 0.200. The Morgan fingerprint density at radius 2 is 2.33 bits per heavy atom. The van der Waals surface area contributed by atoms with E-state index in [0.717, 1.165) is 5.82 Å². The second-order valence-corrected chi connectivity index (χ2v) is 8.10. The lowest BCUT2D eigenvalue weighted by Gasteiger charge is -2.08. The van der Waals surface area contributed by atoms with Crippen molar-refractivity contribution in [3.8, 4) is 6.07 Å². The van der Waals surface area contributed by atoms with Gasteiger partial charge in [0.25, 0.3) is 0 Å². The van der Waals surface area contributed by atoms with Gasteiger partial charge in [-0.2, -0.15) is 5.26 Å². The zero-order valence-electron chi connectivity index (χ0n) is 12.6. The smallest absolute Gasteiger partial charge is 0.238 e. The highest BCUT2D eigenvalue weighted by molar-refractivity contribution is 8.00. The van der Waals surface area contributed by atoms with Gasteiger partial charge in [-0.05, 0) is 29.8 Å². The molecule has 0 aliphatic carbocycles. The minimum Gasteiger partial charge on any atom is -0.316 e. The van der Waals surface area contributed by atoms with E-state index in [1.807, 2.05) is 17.5 Å². The molecule has 3 heterocycles. The van der Waals surface area contributed by atoms with Crippen LogP contribution in [0.2, 0.25) is 0 Å². The fourth-order valence-electron chi connectivity index (χ4n) is 1.91. The van der Waals surface area contributed by atoms with Gasteiger partial charge in [0.2, 0.25) is 11.1 Å². The molecule has 1 unspecified atom stereocenters. The van der Waals surface area contributed by atoms with Crippen LogP contribution in [0.25, 0.3) is 0 Å². The van der Waals surface area contributed by atoms with Gasteiger partial charge in [-0.15, -0.1) is 27.8 Å². The quantitative estimate of drug-likeness (QED) is 0.643. The molecule has 2 N–H and O–H groups in total. The van der Waals surface area contributed by atoms with Crippen molar-refractivity contribution >= 4 is 45.3 Å². The van der Waals surface area contributed by atoms with E-state index in [-0.39, 0.29) is 11.2 Å². The molecule has 0 aliphatic heterocycles. The first-order valence-electron chi connectivity index (χ1n) is 7.04. The van der Waals surface area contributed by atoms with E-state index in [4.69, 9.17) is 5.26 Å². The Bertz CT molecular complexity index is 862. The summed E-state index contributed by atoms with van der Waals surface area (Å²) in [6.07, 6.45) is 0.701. The number of aromatic nitrogens is 3. The number of H-pyrrole nitrogens is 1. The maximum atomic E-state index is 12.2. The van der Waals surface area contributed by atoms with Crippen LogP contribution in [0.3, 0.4) is 0 Å². The van der Waals surface area contributed by atoms with E-state index >= 15 is 0 Å². The van der Waals surface area contributed by atoms with Crippen molar-refractivity contribution < 1.29 is 4.79 Å². The van der Waals surface area contributed by atoms with Crippen molar-refractivity contribution in [1.82, 2.24) is 15.2 Å². The number of anilines is 1. The number of nitrogens with zero attached hydrogens (tertiary/aromatic N) is 3. The van der Waals surface area contributed by atoms with Gasteiger partial charge >= 0.3 is 0 Å². The van der Waals surface area contributed by atoms with Crippen molar-refractivity contribution in [2.45, 2.75) is 23.8 Å². The predicted octanol–water partition coefficient (Wildman–Crippen LogP) is 3.51. The first-order valence-corrected chi connectivity index (χ1v) is 9.68. The topological polar surface area (TPSA) is 94.5 Å². The number of thioether (sulfide) groups is 1. The minimum absolute atomic E-state index is 0.177. The third-order valence-corrected chi connectivity index (χ3v) is 5.77. The maximum Gasteiger partial charge on any atom is 0.238 e. The van der Waals surface area contributed by atoms with Gasteiger partial charge in [0.05, 0.1) is 10.8 Å². The lowest BCUT2D eigenvalue weighted by atomic mass is 10.3. The number of hydrogen-bond acceptors (Lipinski definition) is 7. The number of nitrogens with one attached hydrogen (secondary N) is 2. The normalized spacial score (nSPS) is 11.8. The Morgan fingerprint density at radius 1 is 1.46 bits per heavy atom. The summed E-state index contributed by atoms with van der Waals surface area (Å²) < 4.78 is 0. The molecule has 0 radical (unpaired) electrons. The van der Waals surface area contributed by atoms with E-state index in [9.17, 15) is 4.79 Å². The standard InChI is InChI=1S/C15H13N5OS3/c1-9(13(21)18-14-10(8-16)4-6-23-14)24-15-17-12(19-20-15)7-11-3-2-5-22-11/h2-6,9H,7H2,1H3,(H,18,21)(H,17,19,20). The third kappa shape index (κ3) is 4.03. The molecule has 0 fully saturated rings. The summed E-state index contributed by atoms with van der Waals surface area (Å²) >= 11 is 4.28. The predicted molar refractivity (Wildman–Crippen MR) is 96.5 cm³/mol. The molecule has 0 saturated carbocycles. The molecule has 3 rings (SSSR count). The van der Waals surface area contributed by atoms with Crippen LogP contribution < -0.4 is 5.32 Å². The van der Waals surface area contributed by atoms with Crippen LogP contribution in [0.5, 0.6) is 0 Å². The Morgan fingerprint density at radius 3 is 3.08 bits per heavy atom. The lowest BCUT2D eigenvalue weighted by molar-refractivity contribution is -0.115. The zero-order chi connectivity index (χ0) is 16.9. The van der Waals surface area contributed by atoms with Gasteiger partial charge in [0.1, 0.15) is 16.9 Å². The number of hydrogen-bond donors (Lipinski definition) is 2. The van der Waals surface area contributed by atoms with Crippen molar-refractivity contribution in [1.29, 1.82) is 5.26 Å². The number of rotatable bonds is 6. The van der Waals surface area contributed by atoms with Gasteiger partial charge in [0.15, 0.2) is 0 Å². The molecule has 0 bridgehead atoms. The maximum absolute atomic E-state index is 12.2. The van der Waals surface area contributed by atoms with E-state index in [0.29, 0.717) is 22.1 Å². The highest BCUT2D eigenvalue weighted by Crippen LogP contribution is 2.25. The molecule has 6 nitrogen and oxygen atoms in total. The zero-order valence-corrected chi connectivity index (χ0v) is 15.1. The Labute approximate surface area is 150 Å². The number of amides is 1. The molecule has 0 aromatic carbocycles. The van der Waals surface area contributed by atoms with Crippen LogP contribution in [0.4, 0.5) is 5.00 Å². The van der Waals surface area contributed by atoms with Crippen molar-refractivity contribution in [3.63, 3.8) is 0 Å². The van der Waals surface area contributed by atoms with E-state index in [2.05, 4.69) is 26.6 Å². The molecule has 3 aromatic heterocycles. The van der Waals surface area contributed by atoms with E-state index in [1.165, 1.54) is 28.0 Å². The summed E-state index contributed by atoms with van der Waals surface area (Å²) in [6, 6.07) is 7.78. The van der Waals surface area contributed by atoms with Crippen LogP contribution in [-0.4, -0.2) is 26.3 Å². The number of carbonyl (C=O) groups excluding carboxylic acids is 1. The largest absolute Gasteiger partial charge is 0.316 e. The van der Waals surface area contributed by atoms with Crippen LogP contribution in [0.1, 0.15) is 23.2 Å². The van der Waals surface area contributed by atoms with Gasteiger partial charge in [-0.25, -0.2) is 4.98 Å². The van der Waals surface area contributed by atoms with Crippen molar-refractivity contribution in [3.05, 3.63) is 45.2 Å². The van der Waals surface area contributed by atoms with Gasteiger partial charge in [0, 0.05) is 11.3 Å². The molecule has 3 aromatic rings. The molecule has 1 atom stereocenters. The monoisotopic (exact) mass is 375 g/mol. The first kappa shape index (κ1) is 16.7. The molecule has 1 amide bonds. The van der Waals surface area contributed by atoms with Crippen LogP contribution >= 0.6 is 34.4 Å². The van der Waals surface area contributed by atoms with Crippen molar-refractivity contribution in [2.75, 3.05) is 5.32 Å². The molecular weight excluding hydrogens is 362 g/mol. The average molecular weight is 376 g/mol. The number of aromatic amines is 1. The number of thiophene rings is 2. The summed E-state index contributed by atoms with van der Waals surface area (Å²) in [5.74, 6) is 0.598. The van der Waals surface area contributed by atoms with Gasteiger partial charge < -0.3 is 5.32 Å². The second-order valence-electron chi connectivity index (χ2n) is 4.85. The van der Waals surface area contributed by atoms with Crippen LogP contribution in [0.15, 0.2) is 34.1 Å². The lowest BCUT2D eigenvalue weighted by Crippen LogP contribution is -2.22. The summed E-state index contributed by atoms with van der Waals surface area (Å²) in [5.41, 5.74) is 0.474. The van der Waals surface area contributed by atoms with Crippen LogP contribution in [0, 0.1) is 11.3 Å². The molecule has 122 valence electrons. The Kier molecular flexibility index (Phi) is 5.30. The number of carbonyl (C=O) groups is 1. The summed E-state index contributed by atoms with van der Waals surface area (Å²) in [4.78, 5) is 17.9.